The largest absolute Gasteiger partial charge is 0.495 e. The summed E-state index contributed by atoms with van der Waals surface area (Å²) in [5.74, 6) is 0.388. The molecule has 0 amide bonds. The Balaban J connectivity index is 2.29. The van der Waals surface area contributed by atoms with Gasteiger partial charge in [0.15, 0.2) is 0 Å². The summed E-state index contributed by atoms with van der Waals surface area (Å²) >= 11 is 6.01. The van der Waals surface area contributed by atoms with Crippen molar-refractivity contribution in [1.29, 1.82) is 0 Å². The van der Waals surface area contributed by atoms with Gasteiger partial charge in [-0.2, -0.15) is 0 Å². The van der Waals surface area contributed by atoms with Crippen LogP contribution in [0.25, 0.3) is 0 Å². The monoisotopic (exact) mass is 243 g/mol. The maximum atomic E-state index is 13.8. The van der Waals surface area contributed by atoms with Gasteiger partial charge in [-0.15, -0.1) is 0 Å². The van der Waals surface area contributed by atoms with Gasteiger partial charge in [-0.25, -0.2) is 4.39 Å². The predicted molar refractivity (Wildman–Crippen MR) is 62.8 cm³/mol. The van der Waals surface area contributed by atoms with Crippen LogP contribution in [0.4, 0.5) is 4.39 Å². The maximum absolute atomic E-state index is 13.8. The predicted octanol–water partition coefficient (Wildman–Crippen LogP) is 2.95. The molecule has 1 heterocycles. The van der Waals surface area contributed by atoms with Gasteiger partial charge < -0.3 is 10.1 Å². The van der Waals surface area contributed by atoms with Crippen molar-refractivity contribution < 1.29 is 9.13 Å². The molecule has 1 unspecified atom stereocenters. The number of hydrogen-bond donors (Lipinski definition) is 1. The molecule has 1 fully saturated rings. The van der Waals surface area contributed by atoms with Crippen LogP contribution in [0, 0.1) is 5.82 Å². The van der Waals surface area contributed by atoms with Crippen LogP contribution >= 0.6 is 11.6 Å². The van der Waals surface area contributed by atoms with Crippen molar-refractivity contribution >= 4 is 11.6 Å². The minimum Gasteiger partial charge on any atom is -0.495 e. The van der Waals surface area contributed by atoms with Gasteiger partial charge in [0.25, 0.3) is 0 Å². The Kier molecular flexibility index (Phi) is 3.66. The fourth-order valence-electron chi connectivity index (χ4n) is 2.13. The third-order valence-corrected chi connectivity index (χ3v) is 3.30. The van der Waals surface area contributed by atoms with Crippen molar-refractivity contribution in [3.63, 3.8) is 0 Å². The number of benzene rings is 1. The van der Waals surface area contributed by atoms with Gasteiger partial charge in [0, 0.05) is 12.6 Å². The molecule has 2 nitrogen and oxygen atoms in total. The SMILES string of the molecule is COc1cc(F)c(C2CCCNC2)cc1Cl. The highest BCUT2D eigenvalue weighted by Gasteiger charge is 2.20. The summed E-state index contributed by atoms with van der Waals surface area (Å²) in [6.07, 6.45) is 2.08. The lowest BCUT2D eigenvalue weighted by Crippen LogP contribution is -2.28. The fraction of sp³-hybridized carbons (Fsp3) is 0.500. The molecule has 1 saturated heterocycles. The first kappa shape index (κ1) is 11.7. The number of rotatable bonds is 2. The second-order valence-electron chi connectivity index (χ2n) is 4.05. The number of methoxy groups -OCH3 is 1. The van der Waals surface area contributed by atoms with Crippen LogP contribution in [0.15, 0.2) is 12.1 Å². The van der Waals surface area contributed by atoms with Gasteiger partial charge in [-0.1, -0.05) is 11.6 Å². The number of halogens is 2. The Labute approximate surface area is 99.7 Å². The van der Waals surface area contributed by atoms with Gasteiger partial charge in [0.2, 0.25) is 0 Å². The second-order valence-corrected chi connectivity index (χ2v) is 4.46. The van der Waals surface area contributed by atoms with Crippen LogP contribution in [-0.2, 0) is 0 Å². The standard InChI is InChI=1S/C12H15ClFNO/c1-16-12-6-11(14)9(5-10(12)13)8-3-2-4-15-7-8/h5-6,8,15H,2-4,7H2,1H3. The van der Waals surface area contributed by atoms with E-state index in [0.717, 1.165) is 25.9 Å². The number of ether oxygens (including phenoxy) is 1. The summed E-state index contributed by atoms with van der Waals surface area (Å²) in [6.45, 7) is 1.83. The van der Waals surface area contributed by atoms with E-state index in [4.69, 9.17) is 16.3 Å². The number of nitrogens with one attached hydrogen (secondary N) is 1. The average molecular weight is 244 g/mol. The average Bonchev–Trinajstić information content (AvgIpc) is 2.32. The minimum atomic E-state index is -0.227. The molecule has 1 atom stereocenters. The molecule has 88 valence electrons. The molecule has 0 aromatic heterocycles. The first-order valence-electron chi connectivity index (χ1n) is 5.46. The van der Waals surface area contributed by atoms with Gasteiger partial charge in [-0.3, -0.25) is 0 Å². The molecule has 1 aromatic rings. The van der Waals surface area contributed by atoms with Crippen LogP contribution in [0.5, 0.6) is 5.75 Å². The van der Waals surface area contributed by atoms with Crippen molar-refractivity contribution in [2.24, 2.45) is 0 Å². The van der Waals surface area contributed by atoms with E-state index in [9.17, 15) is 4.39 Å². The molecular formula is C12H15ClFNO. The molecule has 0 bridgehead atoms. The van der Waals surface area contributed by atoms with E-state index in [1.165, 1.54) is 13.2 Å². The van der Waals surface area contributed by atoms with E-state index in [2.05, 4.69) is 5.32 Å². The zero-order chi connectivity index (χ0) is 11.5. The van der Waals surface area contributed by atoms with E-state index in [-0.39, 0.29) is 11.7 Å². The number of hydrogen-bond acceptors (Lipinski definition) is 2. The van der Waals surface area contributed by atoms with Crippen molar-refractivity contribution in [3.05, 3.63) is 28.5 Å². The molecule has 0 saturated carbocycles. The van der Waals surface area contributed by atoms with Gasteiger partial charge >= 0.3 is 0 Å². The topological polar surface area (TPSA) is 21.3 Å². The molecule has 16 heavy (non-hydrogen) atoms. The van der Waals surface area contributed by atoms with Crippen LogP contribution < -0.4 is 10.1 Å². The van der Waals surface area contributed by atoms with E-state index >= 15 is 0 Å². The second kappa shape index (κ2) is 5.02. The first-order chi connectivity index (χ1) is 7.72. The van der Waals surface area contributed by atoms with Crippen LogP contribution in [0.3, 0.4) is 0 Å². The Morgan fingerprint density at radius 2 is 2.31 bits per heavy atom. The summed E-state index contributed by atoms with van der Waals surface area (Å²) in [5, 5.41) is 3.74. The van der Waals surface area contributed by atoms with E-state index < -0.39 is 0 Å². The normalized spacial score (nSPS) is 20.8. The summed E-state index contributed by atoms with van der Waals surface area (Å²) in [7, 11) is 1.49. The molecule has 0 spiro atoms. The van der Waals surface area contributed by atoms with Crippen molar-refractivity contribution in [1.82, 2.24) is 5.32 Å². The zero-order valence-electron chi connectivity index (χ0n) is 9.22. The molecule has 0 aliphatic carbocycles. The highest BCUT2D eigenvalue weighted by Crippen LogP contribution is 2.33. The highest BCUT2D eigenvalue weighted by molar-refractivity contribution is 6.32. The fourth-order valence-corrected chi connectivity index (χ4v) is 2.38. The Morgan fingerprint density at radius 1 is 1.50 bits per heavy atom. The van der Waals surface area contributed by atoms with Crippen molar-refractivity contribution in [2.75, 3.05) is 20.2 Å². The van der Waals surface area contributed by atoms with Crippen molar-refractivity contribution in [3.8, 4) is 5.75 Å². The molecule has 1 aliphatic heterocycles. The molecule has 2 rings (SSSR count). The van der Waals surface area contributed by atoms with Crippen LogP contribution in [-0.4, -0.2) is 20.2 Å². The van der Waals surface area contributed by atoms with Crippen LogP contribution in [0.2, 0.25) is 5.02 Å². The van der Waals surface area contributed by atoms with Gasteiger partial charge in [0.05, 0.1) is 12.1 Å². The van der Waals surface area contributed by atoms with E-state index in [0.29, 0.717) is 16.3 Å². The lowest BCUT2D eigenvalue weighted by molar-refractivity contribution is 0.407. The van der Waals surface area contributed by atoms with Gasteiger partial charge in [0.1, 0.15) is 11.6 Å². The lowest BCUT2D eigenvalue weighted by atomic mass is 9.91. The summed E-state index contributed by atoms with van der Waals surface area (Å²) in [6, 6.07) is 3.06. The molecular weight excluding hydrogens is 229 g/mol. The van der Waals surface area contributed by atoms with E-state index in [1.807, 2.05) is 0 Å². The minimum absolute atomic E-state index is 0.220. The third kappa shape index (κ3) is 2.30. The third-order valence-electron chi connectivity index (χ3n) is 3.01. The zero-order valence-corrected chi connectivity index (χ0v) is 9.98. The van der Waals surface area contributed by atoms with Crippen molar-refractivity contribution in [2.45, 2.75) is 18.8 Å². The Morgan fingerprint density at radius 3 is 2.94 bits per heavy atom. The molecule has 1 N–H and O–H groups in total. The summed E-state index contributed by atoms with van der Waals surface area (Å²) < 4.78 is 18.8. The Bertz CT molecular complexity index is 378. The Hall–Kier alpha value is -0.800. The molecule has 1 aromatic carbocycles. The van der Waals surface area contributed by atoms with E-state index in [1.54, 1.807) is 6.07 Å². The van der Waals surface area contributed by atoms with Crippen LogP contribution in [0.1, 0.15) is 24.3 Å². The quantitative estimate of drug-likeness (QED) is 0.862. The smallest absolute Gasteiger partial charge is 0.140 e. The number of piperidine rings is 1. The first-order valence-corrected chi connectivity index (χ1v) is 5.84. The van der Waals surface area contributed by atoms with Gasteiger partial charge in [-0.05, 0) is 36.9 Å². The molecule has 1 aliphatic rings. The lowest BCUT2D eigenvalue weighted by Gasteiger charge is -2.24. The summed E-state index contributed by atoms with van der Waals surface area (Å²) in [5.41, 5.74) is 0.693. The molecule has 4 heteroatoms. The summed E-state index contributed by atoms with van der Waals surface area (Å²) in [4.78, 5) is 0. The highest BCUT2D eigenvalue weighted by atomic mass is 35.5. The molecule has 0 radical (unpaired) electrons. The maximum Gasteiger partial charge on any atom is 0.140 e.